The summed E-state index contributed by atoms with van der Waals surface area (Å²) in [7, 11) is 0. The molecule has 1 heterocycles. The topological polar surface area (TPSA) is 169 Å². The number of anilines is 4. The van der Waals surface area contributed by atoms with Gasteiger partial charge in [-0.3, -0.25) is 0 Å². The first-order valence-electron chi connectivity index (χ1n) is 10.9. The van der Waals surface area contributed by atoms with E-state index in [-0.39, 0.29) is 36.2 Å². The summed E-state index contributed by atoms with van der Waals surface area (Å²) in [5.41, 5.74) is 6.88. The summed E-state index contributed by atoms with van der Waals surface area (Å²) in [4.78, 5) is 25.8. The Balaban J connectivity index is 2.05. The lowest BCUT2D eigenvalue weighted by atomic mass is 10.2. The van der Waals surface area contributed by atoms with Crippen LogP contribution in [0.2, 0.25) is 0 Å². The molecule has 0 unspecified atom stereocenters. The van der Waals surface area contributed by atoms with Crippen molar-refractivity contribution in [2.75, 3.05) is 29.6 Å². The maximum Gasteiger partial charge on any atom is 0.352 e. The Morgan fingerprint density at radius 1 is 1.03 bits per heavy atom. The highest BCUT2D eigenvalue weighted by atomic mass is 16.5. The molecule has 0 radical (unpaired) electrons. The van der Waals surface area contributed by atoms with Gasteiger partial charge in [0.05, 0.1) is 13.2 Å². The van der Waals surface area contributed by atoms with E-state index in [0.717, 1.165) is 4.79 Å². The van der Waals surface area contributed by atoms with Gasteiger partial charge in [0.2, 0.25) is 0 Å². The zero-order valence-electron chi connectivity index (χ0n) is 19.6. The molecule has 3 rings (SSSR count). The molecule has 0 amide bonds. The number of hydrogen-bond donors (Lipinski definition) is 3. The van der Waals surface area contributed by atoms with Gasteiger partial charge in [-0.2, -0.15) is 5.26 Å². The molecule has 12 nitrogen and oxygen atoms in total. The Kier molecular flexibility index (Phi) is 8.71. The summed E-state index contributed by atoms with van der Waals surface area (Å²) in [5.74, 6) is -1.87. The van der Waals surface area contributed by atoms with Crippen LogP contribution in [-0.4, -0.2) is 35.0 Å². The van der Waals surface area contributed by atoms with Gasteiger partial charge in [0.25, 0.3) is 0 Å². The van der Waals surface area contributed by atoms with Crippen LogP contribution in [0.4, 0.5) is 23.0 Å². The maximum atomic E-state index is 12.6. The number of rotatable bonds is 10. The van der Waals surface area contributed by atoms with Crippen molar-refractivity contribution in [3.05, 3.63) is 77.6 Å². The monoisotopic (exact) mass is 488 g/mol. The summed E-state index contributed by atoms with van der Waals surface area (Å²) in [6, 6.07) is 19.5. The standard InChI is InChI=1S/C24H24N8O4/c1-3-35-23(33)18(15-25)21(27-16-11-7-5-8-12-16)29-31-32-20(26)19(24(34)36-4-2)22(30-32)28-17-13-9-6-10-14-17/h5-14,27H,3-4,26H2,1-2H3,(H,28,30)/b21-18+,31-29+. The van der Waals surface area contributed by atoms with Gasteiger partial charge in [-0.1, -0.05) is 36.4 Å². The normalized spacial score (nSPS) is 11.4. The Hall–Kier alpha value is -5.18. The second kappa shape index (κ2) is 12.3. The predicted molar refractivity (Wildman–Crippen MR) is 132 cm³/mol. The minimum Gasteiger partial charge on any atom is -0.462 e. The van der Waals surface area contributed by atoms with Crippen LogP contribution in [0.25, 0.3) is 0 Å². The van der Waals surface area contributed by atoms with Gasteiger partial charge in [-0.05, 0) is 43.3 Å². The average Bonchev–Trinajstić information content (AvgIpc) is 3.19. The van der Waals surface area contributed by atoms with Crippen LogP contribution in [0.3, 0.4) is 0 Å². The number of nitrogen functional groups attached to an aromatic ring is 1. The quantitative estimate of drug-likeness (QED) is 0.165. The summed E-state index contributed by atoms with van der Waals surface area (Å²) in [6.45, 7) is 3.45. The number of aromatic nitrogens is 2. The van der Waals surface area contributed by atoms with Gasteiger partial charge in [0, 0.05) is 11.4 Å². The molecule has 0 spiro atoms. The number of ether oxygens (including phenoxy) is 2. The van der Waals surface area contributed by atoms with E-state index in [4.69, 9.17) is 15.2 Å². The number of benzene rings is 2. The molecule has 0 aliphatic rings. The molecular formula is C24H24N8O4. The lowest BCUT2D eigenvalue weighted by Gasteiger charge is -2.08. The third-order valence-electron chi connectivity index (χ3n) is 4.51. The van der Waals surface area contributed by atoms with Gasteiger partial charge in [0.15, 0.2) is 23.0 Å². The van der Waals surface area contributed by atoms with Crippen LogP contribution in [0.1, 0.15) is 24.2 Å². The van der Waals surface area contributed by atoms with Crippen LogP contribution >= 0.6 is 0 Å². The summed E-state index contributed by atoms with van der Waals surface area (Å²) >= 11 is 0. The van der Waals surface area contributed by atoms with E-state index in [1.54, 1.807) is 74.5 Å². The van der Waals surface area contributed by atoms with Gasteiger partial charge in [-0.25, -0.2) is 9.59 Å². The fourth-order valence-electron chi connectivity index (χ4n) is 2.92. The van der Waals surface area contributed by atoms with Crippen LogP contribution in [0.15, 0.2) is 82.4 Å². The van der Waals surface area contributed by atoms with E-state index < -0.39 is 17.5 Å². The number of carbonyl (C=O) groups is 2. The van der Waals surface area contributed by atoms with Crippen molar-refractivity contribution in [3.63, 3.8) is 0 Å². The van der Waals surface area contributed by atoms with Crippen molar-refractivity contribution in [3.8, 4) is 6.07 Å². The van der Waals surface area contributed by atoms with Crippen LogP contribution in [0, 0.1) is 11.3 Å². The molecule has 3 aromatic rings. The Morgan fingerprint density at radius 2 is 1.64 bits per heavy atom. The van der Waals surface area contributed by atoms with Crippen molar-refractivity contribution in [1.29, 1.82) is 5.26 Å². The molecule has 0 saturated heterocycles. The number of nitrogens with two attached hydrogens (primary N) is 1. The molecule has 0 bridgehead atoms. The number of nitrogens with zero attached hydrogens (tertiary/aromatic N) is 5. The molecule has 0 fully saturated rings. The molecule has 4 N–H and O–H groups in total. The zero-order chi connectivity index (χ0) is 25.9. The van der Waals surface area contributed by atoms with Crippen molar-refractivity contribution in [1.82, 2.24) is 9.89 Å². The van der Waals surface area contributed by atoms with Crippen molar-refractivity contribution in [2.45, 2.75) is 13.8 Å². The Morgan fingerprint density at radius 3 is 2.22 bits per heavy atom. The zero-order valence-corrected chi connectivity index (χ0v) is 19.6. The van der Waals surface area contributed by atoms with E-state index >= 15 is 0 Å². The Labute approximate surface area is 207 Å². The molecule has 2 aromatic carbocycles. The SMILES string of the molecule is CCOC(=O)/C(C#N)=C(/N=N/n1nc(Nc2ccccc2)c(C(=O)OCC)c1N)Nc1ccccc1. The maximum absolute atomic E-state index is 12.6. The van der Waals surface area contributed by atoms with E-state index in [0.29, 0.717) is 11.4 Å². The predicted octanol–water partition coefficient (Wildman–Crippen LogP) is 4.01. The smallest absolute Gasteiger partial charge is 0.352 e. The largest absolute Gasteiger partial charge is 0.462 e. The summed E-state index contributed by atoms with van der Waals surface area (Å²) in [6.07, 6.45) is 0. The average molecular weight is 489 g/mol. The van der Waals surface area contributed by atoms with Crippen molar-refractivity contribution in [2.24, 2.45) is 10.3 Å². The van der Waals surface area contributed by atoms with Crippen LogP contribution in [-0.2, 0) is 14.3 Å². The van der Waals surface area contributed by atoms with Crippen molar-refractivity contribution < 1.29 is 19.1 Å². The number of nitrogens with one attached hydrogen (secondary N) is 2. The van der Waals surface area contributed by atoms with Gasteiger partial charge < -0.3 is 25.8 Å². The highest BCUT2D eigenvalue weighted by Crippen LogP contribution is 2.26. The van der Waals surface area contributed by atoms with E-state index in [1.807, 2.05) is 6.07 Å². The number of para-hydroxylation sites is 2. The van der Waals surface area contributed by atoms with Crippen LogP contribution in [0.5, 0.6) is 0 Å². The second-order valence-electron chi connectivity index (χ2n) is 6.95. The van der Waals surface area contributed by atoms with Gasteiger partial charge in [-0.15, -0.1) is 15.0 Å². The van der Waals surface area contributed by atoms with Crippen LogP contribution < -0.4 is 16.4 Å². The molecule has 0 aliphatic carbocycles. The molecule has 184 valence electrons. The Bertz CT molecular complexity index is 1310. The first kappa shape index (κ1) is 25.4. The highest BCUT2D eigenvalue weighted by Gasteiger charge is 2.24. The fraction of sp³-hybridized carbons (Fsp3) is 0.167. The second-order valence-corrected chi connectivity index (χ2v) is 6.95. The molecule has 12 heteroatoms. The lowest BCUT2D eigenvalue weighted by Crippen LogP contribution is -2.12. The van der Waals surface area contributed by atoms with E-state index in [9.17, 15) is 14.9 Å². The summed E-state index contributed by atoms with van der Waals surface area (Å²) in [5, 5.41) is 27.7. The van der Waals surface area contributed by atoms with E-state index in [1.165, 1.54) is 0 Å². The number of carbonyl (C=O) groups excluding carboxylic acids is 2. The molecule has 1 aromatic heterocycles. The lowest BCUT2D eigenvalue weighted by molar-refractivity contribution is -0.138. The van der Waals surface area contributed by atoms with E-state index in [2.05, 4.69) is 26.1 Å². The van der Waals surface area contributed by atoms with Crippen molar-refractivity contribution >= 4 is 34.9 Å². The molecule has 0 aliphatic heterocycles. The third kappa shape index (κ3) is 6.23. The molecule has 36 heavy (non-hydrogen) atoms. The third-order valence-corrected chi connectivity index (χ3v) is 4.51. The number of esters is 2. The number of hydrogen-bond acceptors (Lipinski definition) is 11. The molecule has 0 saturated carbocycles. The number of nitriles is 1. The molecular weight excluding hydrogens is 464 g/mol. The summed E-state index contributed by atoms with van der Waals surface area (Å²) < 4.78 is 10.1. The minimum atomic E-state index is -0.885. The van der Waals surface area contributed by atoms with Gasteiger partial charge in [0.1, 0.15) is 11.6 Å². The minimum absolute atomic E-state index is 0.0490. The first-order valence-corrected chi connectivity index (χ1v) is 10.9. The molecule has 0 atom stereocenters. The highest BCUT2D eigenvalue weighted by molar-refractivity contribution is 6.00. The van der Waals surface area contributed by atoms with Gasteiger partial charge >= 0.3 is 11.9 Å². The first-order chi connectivity index (χ1) is 17.5. The fourth-order valence-corrected chi connectivity index (χ4v) is 2.92.